The number of nitrogens with one attached hydrogen (secondary N) is 2. The Hall–Kier alpha value is -3.62. The number of aromatic nitrogens is 7. The van der Waals surface area contributed by atoms with Crippen molar-refractivity contribution in [1.29, 1.82) is 0 Å². The van der Waals surface area contributed by atoms with Gasteiger partial charge in [0.1, 0.15) is 16.7 Å². The van der Waals surface area contributed by atoms with E-state index in [1.54, 1.807) is 12.4 Å². The van der Waals surface area contributed by atoms with E-state index in [0.29, 0.717) is 15.9 Å². The predicted molar refractivity (Wildman–Crippen MR) is 123 cm³/mol. The van der Waals surface area contributed by atoms with E-state index in [1.807, 2.05) is 49.5 Å². The van der Waals surface area contributed by atoms with Gasteiger partial charge in [0, 0.05) is 24.2 Å². The maximum Gasteiger partial charge on any atom is 0.161 e. The van der Waals surface area contributed by atoms with E-state index in [1.165, 1.54) is 11.3 Å². The molecule has 150 valence electrons. The third-order valence-electron chi connectivity index (χ3n) is 5.15. The number of hydrogen-bond donors (Lipinski definition) is 2. The van der Waals surface area contributed by atoms with E-state index in [4.69, 9.17) is 21.6 Å². The summed E-state index contributed by atoms with van der Waals surface area (Å²) in [4.78, 5) is 22.8. The molecule has 6 rings (SSSR count). The zero-order valence-electron chi connectivity index (χ0n) is 16.2. The molecule has 0 unspecified atom stereocenters. The van der Waals surface area contributed by atoms with Crippen LogP contribution in [0.15, 0.2) is 55.0 Å². The first-order valence-electron chi connectivity index (χ1n) is 9.54. The van der Waals surface area contributed by atoms with Crippen LogP contribution < -0.4 is 0 Å². The highest BCUT2D eigenvalue weighted by Gasteiger charge is 2.18. The van der Waals surface area contributed by atoms with Crippen LogP contribution in [0.25, 0.3) is 55.4 Å². The number of H-pyrrole nitrogens is 2. The summed E-state index contributed by atoms with van der Waals surface area (Å²) in [7, 11) is 0. The molecule has 0 aliphatic carbocycles. The fourth-order valence-corrected chi connectivity index (χ4v) is 4.66. The SMILES string of the molecule is Cc1ccncc1-c1ccc2[nH]nc(-c3nc4c(-c5ccc(Cl)s5)nccc4[nH]3)c2n1. The summed E-state index contributed by atoms with van der Waals surface area (Å²) >= 11 is 7.60. The zero-order valence-corrected chi connectivity index (χ0v) is 17.8. The van der Waals surface area contributed by atoms with Crippen molar-refractivity contribution in [2.75, 3.05) is 0 Å². The highest BCUT2D eigenvalue weighted by molar-refractivity contribution is 7.19. The first kappa shape index (κ1) is 18.2. The largest absolute Gasteiger partial charge is 0.336 e. The highest BCUT2D eigenvalue weighted by Crippen LogP contribution is 2.35. The van der Waals surface area contributed by atoms with E-state index in [0.717, 1.165) is 49.5 Å². The van der Waals surface area contributed by atoms with E-state index >= 15 is 0 Å². The molecule has 9 heteroatoms. The lowest BCUT2D eigenvalue weighted by atomic mass is 10.1. The second-order valence-electron chi connectivity index (χ2n) is 7.10. The lowest BCUT2D eigenvalue weighted by molar-refractivity contribution is 1.10. The Labute approximate surface area is 185 Å². The average molecular weight is 444 g/mol. The highest BCUT2D eigenvalue weighted by atomic mass is 35.5. The average Bonchev–Trinajstić information content (AvgIpc) is 3.50. The summed E-state index contributed by atoms with van der Waals surface area (Å²) in [5.41, 5.74) is 7.61. The molecule has 0 amide bonds. The molecule has 0 radical (unpaired) electrons. The van der Waals surface area contributed by atoms with Crippen LogP contribution in [-0.2, 0) is 0 Å². The Bertz CT molecular complexity index is 1580. The third-order valence-corrected chi connectivity index (χ3v) is 6.39. The molecular weight excluding hydrogens is 430 g/mol. The predicted octanol–water partition coefficient (Wildman–Crippen LogP) is 5.65. The molecule has 6 heterocycles. The minimum absolute atomic E-state index is 0.630. The quantitative estimate of drug-likeness (QED) is 0.368. The molecule has 0 fully saturated rings. The van der Waals surface area contributed by atoms with Gasteiger partial charge in [-0.15, -0.1) is 11.3 Å². The standard InChI is InChI=1S/C22H14ClN7S/c1-11-6-8-24-10-12(11)13-2-3-15-19(26-13)21(30-29-15)22-27-14-7-9-25-20(18(14)28-22)16-4-5-17(23)31-16/h2-10H,1H3,(H,27,28)(H,29,30). The van der Waals surface area contributed by atoms with Gasteiger partial charge >= 0.3 is 0 Å². The molecule has 0 spiro atoms. The molecule has 0 aliphatic heterocycles. The molecular formula is C22H14ClN7S. The van der Waals surface area contributed by atoms with Crippen molar-refractivity contribution in [2.24, 2.45) is 0 Å². The minimum atomic E-state index is 0.630. The molecule has 31 heavy (non-hydrogen) atoms. The van der Waals surface area contributed by atoms with Gasteiger partial charge in [0.05, 0.1) is 25.9 Å². The zero-order chi connectivity index (χ0) is 20.9. The number of hydrogen-bond acceptors (Lipinski definition) is 6. The van der Waals surface area contributed by atoms with Crippen LogP contribution in [0.1, 0.15) is 5.56 Å². The number of pyridine rings is 3. The van der Waals surface area contributed by atoms with Crippen LogP contribution in [-0.4, -0.2) is 35.1 Å². The molecule has 2 N–H and O–H groups in total. The molecule has 0 aromatic carbocycles. The number of aromatic amines is 2. The van der Waals surface area contributed by atoms with Gasteiger partial charge in [-0.1, -0.05) is 11.6 Å². The third kappa shape index (κ3) is 2.99. The van der Waals surface area contributed by atoms with Gasteiger partial charge in [-0.3, -0.25) is 15.1 Å². The maximum absolute atomic E-state index is 6.13. The Kier molecular flexibility index (Phi) is 4.09. The molecule has 0 atom stereocenters. The number of halogens is 1. The Morgan fingerprint density at radius 1 is 0.903 bits per heavy atom. The summed E-state index contributed by atoms with van der Waals surface area (Å²) in [6, 6.07) is 11.6. The number of imidazole rings is 1. The van der Waals surface area contributed by atoms with Gasteiger partial charge < -0.3 is 4.98 Å². The number of rotatable bonds is 3. The van der Waals surface area contributed by atoms with E-state index in [-0.39, 0.29) is 0 Å². The summed E-state index contributed by atoms with van der Waals surface area (Å²) in [6.07, 6.45) is 5.37. The maximum atomic E-state index is 6.13. The summed E-state index contributed by atoms with van der Waals surface area (Å²) in [5.74, 6) is 0.630. The van der Waals surface area contributed by atoms with Crippen molar-refractivity contribution in [1.82, 2.24) is 35.1 Å². The molecule has 0 saturated heterocycles. The van der Waals surface area contributed by atoms with Gasteiger partial charge in [0.15, 0.2) is 11.5 Å². The van der Waals surface area contributed by atoms with Gasteiger partial charge in [0.2, 0.25) is 0 Å². The normalized spacial score (nSPS) is 11.5. The van der Waals surface area contributed by atoms with Gasteiger partial charge in [-0.2, -0.15) is 5.10 Å². The fourth-order valence-electron chi connectivity index (χ4n) is 3.62. The molecule has 0 saturated carbocycles. The number of nitrogens with zero attached hydrogens (tertiary/aromatic N) is 5. The van der Waals surface area contributed by atoms with Crippen LogP contribution >= 0.6 is 22.9 Å². The van der Waals surface area contributed by atoms with Crippen molar-refractivity contribution in [3.63, 3.8) is 0 Å². The van der Waals surface area contributed by atoms with Gasteiger partial charge in [0.25, 0.3) is 0 Å². The Balaban J connectivity index is 1.52. The minimum Gasteiger partial charge on any atom is -0.336 e. The van der Waals surface area contributed by atoms with E-state index in [9.17, 15) is 0 Å². The summed E-state index contributed by atoms with van der Waals surface area (Å²) in [6.45, 7) is 2.05. The van der Waals surface area contributed by atoms with Gasteiger partial charge in [-0.25, -0.2) is 9.97 Å². The smallest absolute Gasteiger partial charge is 0.161 e. The van der Waals surface area contributed by atoms with Crippen LogP contribution in [0.2, 0.25) is 4.34 Å². The van der Waals surface area contributed by atoms with Crippen molar-refractivity contribution < 1.29 is 0 Å². The second kappa shape index (κ2) is 6.97. The van der Waals surface area contributed by atoms with Crippen LogP contribution in [0.5, 0.6) is 0 Å². The topological polar surface area (TPSA) is 96.0 Å². The summed E-state index contributed by atoms with van der Waals surface area (Å²) < 4.78 is 0.713. The molecule has 0 aliphatic rings. The van der Waals surface area contributed by atoms with E-state index in [2.05, 4.69) is 25.1 Å². The van der Waals surface area contributed by atoms with Gasteiger partial charge in [-0.05, 0) is 48.9 Å². The van der Waals surface area contributed by atoms with Crippen molar-refractivity contribution in [3.05, 3.63) is 64.9 Å². The van der Waals surface area contributed by atoms with Crippen molar-refractivity contribution in [2.45, 2.75) is 6.92 Å². The second-order valence-corrected chi connectivity index (χ2v) is 8.82. The lowest BCUT2D eigenvalue weighted by Gasteiger charge is -2.04. The monoisotopic (exact) mass is 443 g/mol. The lowest BCUT2D eigenvalue weighted by Crippen LogP contribution is -1.90. The number of aryl methyl sites for hydroxylation is 1. The van der Waals surface area contributed by atoms with Crippen LogP contribution in [0.3, 0.4) is 0 Å². The molecule has 6 aromatic heterocycles. The van der Waals surface area contributed by atoms with Crippen molar-refractivity contribution in [3.8, 4) is 33.3 Å². The van der Waals surface area contributed by atoms with Crippen LogP contribution in [0, 0.1) is 6.92 Å². The first-order valence-corrected chi connectivity index (χ1v) is 10.7. The van der Waals surface area contributed by atoms with E-state index < -0.39 is 0 Å². The number of fused-ring (bicyclic) bond motifs is 2. The molecule has 6 aromatic rings. The summed E-state index contributed by atoms with van der Waals surface area (Å²) in [5, 5.41) is 7.54. The van der Waals surface area contributed by atoms with Crippen molar-refractivity contribution >= 4 is 45.0 Å². The van der Waals surface area contributed by atoms with Crippen LogP contribution in [0.4, 0.5) is 0 Å². The Morgan fingerprint density at radius 2 is 1.81 bits per heavy atom. The fraction of sp³-hybridized carbons (Fsp3) is 0.0455. The first-order chi connectivity index (χ1) is 15.2. The molecule has 7 nitrogen and oxygen atoms in total. The number of thiophene rings is 1. The Morgan fingerprint density at radius 3 is 2.65 bits per heavy atom. The molecule has 0 bridgehead atoms.